The van der Waals surface area contributed by atoms with Gasteiger partial charge in [-0.3, -0.25) is 14.6 Å². The number of carbonyl (C=O) groups excluding carboxylic acids is 2. The number of ether oxygens (including phenoxy) is 1. The van der Waals surface area contributed by atoms with Gasteiger partial charge in [-0.2, -0.15) is 0 Å². The highest BCUT2D eigenvalue weighted by Crippen LogP contribution is 2.42. The molecule has 0 saturated carbocycles. The average Bonchev–Trinajstić information content (AvgIpc) is 3.08. The van der Waals surface area contributed by atoms with Crippen LogP contribution in [0.2, 0.25) is 0 Å². The maximum absolute atomic E-state index is 13.3. The van der Waals surface area contributed by atoms with Gasteiger partial charge in [0, 0.05) is 18.9 Å². The van der Waals surface area contributed by atoms with Crippen LogP contribution in [0.1, 0.15) is 49.1 Å². The summed E-state index contributed by atoms with van der Waals surface area (Å²) < 4.78 is 5.39. The van der Waals surface area contributed by atoms with Gasteiger partial charge in [0.1, 0.15) is 11.5 Å². The molecule has 0 aliphatic carbocycles. The van der Waals surface area contributed by atoms with Crippen molar-refractivity contribution in [1.82, 2.24) is 9.88 Å². The fraction of sp³-hybridized carbons (Fsp3) is 0.250. The summed E-state index contributed by atoms with van der Waals surface area (Å²) in [5.41, 5.74) is 3.02. The van der Waals surface area contributed by atoms with Gasteiger partial charge < -0.3 is 14.7 Å². The number of Topliss-reactive ketones (excluding diaryl/α,β-unsaturated/α-hetero) is 1. The molecule has 1 aliphatic heterocycles. The zero-order valence-corrected chi connectivity index (χ0v) is 19.8. The van der Waals surface area contributed by atoms with Gasteiger partial charge in [0.25, 0.3) is 11.7 Å². The van der Waals surface area contributed by atoms with Gasteiger partial charge in [0.05, 0.1) is 24.3 Å². The number of benzene rings is 2. The first-order chi connectivity index (χ1) is 16.2. The standard InChI is InChI=1S/C28H28N2O4/c1-28(2,3)20-13-11-19(12-14-20)24-23(25(31)21-9-5-6-10-22(21)34-4)26(32)27(33)30(24)17-18-8-7-15-29-16-18/h5-16,24,31H,17H2,1-4H3/b25-23+. The Labute approximate surface area is 199 Å². The van der Waals surface area contributed by atoms with Crippen LogP contribution in [0.3, 0.4) is 0 Å². The Morgan fingerprint density at radius 2 is 1.74 bits per heavy atom. The molecule has 6 nitrogen and oxygen atoms in total. The van der Waals surface area contributed by atoms with Crippen LogP contribution in [-0.2, 0) is 21.5 Å². The smallest absolute Gasteiger partial charge is 0.295 e. The Hall–Kier alpha value is -3.93. The van der Waals surface area contributed by atoms with Gasteiger partial charge in [-0.15, -0.1) is 0 Å². The van der Waals surface area contributed by atoms with Crippen molar-refractivity contribution < 1.29 is 19.4 Å². The van der Waals surface area contributed by atoms with Crippen molar-refractivity contribution in [2.75, 3.05) is 7.11 Å². The third-order valence-corrected chi connectivity index (χ3v) is 6.07. The number of aliphatic hydroxyl groups is 1. The number of pyridine rings is 1. The summed E-state index contributed by atoms with van der Waals surface area (Å²) in [5.74, 6) is -1.22. The Morgan fingerprint density at radius 1 is 1.03 bits per heavy atom. The van der Waals surface area contributed by atoms with Gasteiger partial charge in [0.2, 0.25) is 0 Å². The zero-order valence-electron chi connectivity index (χ0n) is 19.8. The molecule has 0 spiro atoms. The van der Waals surface area contributed by atoms with E-state index in [1.54, 1.807) is 42.7 Å². The lowest BCUT2D eigenvalue weighted by atomic mass is 9.85. The summed E-state index contributed by atoms with van der Waals surface area (Å²) >= 11 is 0. The van der Waals surface area contributed by atoms with Crippen molar-refractivity contribution in [2.45, 2.75) is 38.8 Å². The Balaban J connectivity index is 1.88. The topological polar surface area (TPSA) is 79.7 Å². The second-order valence-electron chi connectivity index (χ2n) is 9.36. The Morgan fingerprint density at radius 3 is 2.35 bits per heavy atom. The number of rotatable bonds is 5. The molecule has 1 aliphatic rings. The van der Waals surface area contributed by atoms with E-state index in [1.165, 1.54) is 12.0 Å². The fourth-order valence-corrected chi connectivity index (χ4v) is 4.23. The zero-order chi connectivity index (χ0) is 24.5. The second kappa shape index (κ2) is 9.14. The molecule has 1 atom stereocenters. The van der Waals surface area contributed by atoms with E-state index in [-0.39, 0.29) is 23.3 Å². The van der Waals surface area contributed by atoms with Crippen LogP contribution in [0.4, 0.5) is 0 Å². The third-order valence-electron chi connectivity index (χ3n) is 6.07. The highest BCUT2D eigenvalue weighted by Gasteiger charge is 2.46. The Kier molecular flexibility index (Phi) is 6.24. The van der Waals surface area contributed by atoms with E-state index in [2.05, 4.69) is 25.8 Å². The van der Waals surface area contributed by atoms with Crippen molar-refractivity contribution in [3.8, 4) is 5.75 Å². The van der Waals surface area contributed by atoms with Crippen molar-refractivity contribution in [1.29, 1.82) is 0 Å². The number of hydrogen-bond acceptors (Lipinski definition) is 5. The molecule has 1 fully saturated rings. The highest BCUT2D eigenvalue weighted by atomic mass is 16.5. The average molecular weight is 457 g/mol. The summed E-state index contributed by atoms with van der Waals surface area (Å²) in [7, 11) is 1.50. The van der Waals surface area contributed by atoms with Crippen LogP contribution in [-0.4, -0.2) is 33.8 Å². The quantitative estimate of drug-likeness (QED) is 0.332. The lowest BCUT2D eigenvalue weighted by Gasteiger charge is -2.26. The minimum atomic E-state index is -0.751. The van der Waals surface area contributed by atoms with E-state index in [0.29, 0.717) is 11.3 Å². The van der Waals surface area contributed by atoms with E-state index in [4.69, 9.17) is 4.74 Å². The van der Waals surface area contributed by atoms with Gasteiger partial charge in [-0.05, 0) is 40.3 Å². The number of aliphatic hydroxyl groups excluding tert-OH is 1. The molecular formula is C28H28N2O4. The van der Waals surface area contributed by atoms with E-state index >= 15 is 0 Å². The van der Waals surface area contributed by atoms with E-state index < -0.39 is 17.7 Å². The van der Waals surface area contributed by atoms with Crippen molar-refractivity contribution in [3.05, 3.63) is 101 Å². The molecule has 1 unspecified atom stereocenters. The van der Waals surface area contributed by atoms with Gasteiger partial charge >= 0.3 is 0 Å². The normalized spacial score (nSPS) is 17.8. The summed E-state index contributed by atoms with van der Waals surface area (Å²) in [6.45, 7) is 6.56. The van der Waals surface area contributed by atoms with E-state index in [0.717, 1.165) is 16.7 Å². The minimum Gasteiger partial charge on any atom is -0.507 e. The van der Waals surface area contributed by atoms with Gasteiger partial charge in [0.15, 0.2) is 0 Å². The first kappa shape index (κ1) is 23.2. The molecule has 2 heterocycles. The molecule has 4 rings (SSSR count). The van der Waals surface area contributed by atoms with Crippen LogP contribution >= 0.6 is 0 Å². The molecule has 0 radical (unpaired) electrons. The molecule has 34 heavy (non-hydrogen) atoms. The van der Waals surface area contributed by atoms with Gasteiger partial charge in [-0.25, -0.2) is 0 Å². The third kappa shape index (κ3) is 4.31. The predicted molar refractivity (Wildman–Crippen MR) is 130 cm³/mol. The van der Waals surface area contributed by atoms with Crippen molar-refractivity contribution in [2.24, 2.45) is 0 Å². The number of amides is 1. The van der Waals surface area contributed by atoms with Gasteiger partial charge in [-0.1, -0.05) is 63.2 Å². The fourth-order valence-electron chi connectivity index (χ4n) is 4.23. The Bertz CT molecular complexity index is 1240. The number of aromatic nitrogens is 1. The van der Waals surface area contributed by atoms with Crippen LogP contribution in [0.15, 0.2) is 78.6 Å². The SMILES string of the molecule is COc1ccccc1/C(O)=C1\C(=O)C(=O)N(Cc2cccnc2)C1c1ccc(C(C)(C)C)cc1. The number of para-hydroxylation sites is 1. The molecule has 6 heteroatoms. The van der Waals surface area contributed by atoms with Crippen LogP contribution < -0.4 is 4.74 Å². The van der Waals surface area contributed by atoms with Crippen LogP contribution in [0.25, 0.3) is 5.76 Å². The number of ketones is 1. The highest BCUT2D eigenvalue weighted by molar-refractivity contribution is 6.46. The molecule has 0 bridgehead atoms. The first-order valence-electron chi connectivity index (χ1n) is 11.1. The lowest BCUT2D eigenvalue weighted by molar-refractivity contribution is -0.140. The minimum absolute atomic E-state index is 0.0434. The maximum atomic E-state index is 13.3. The second-order valence-corrected chi connectivity index (χ2v) is 9.36. The molecule has 1 amide bonds. The summed E-state index contributed by atoms with van der Waals surface area (Å²) in [6, 6.07) is 17.6. The number of likely N-dealkylation sites (tertiary alicyclic amines) is 1. The molecule has 1 N–H and O–H groups in total. The predicted octanol–water partition coefficient (Wildman–Crippen LogP) is 5.01. The summed E-state index contributed by atoms with van der Waals surface area (Å²) in [4.78, 5) is 32.1. The molecular weight excluding hydrogens is 428 g/mol. The maximum Gasteiger partial charge on any atom is 0.295 e. The van der Waals surface area contributed by atoms with Crippen molar-refractivity contribution >= 4 is 17.4 Å². The monoisotopic (exact) mass is 456 g/mol. The number of nitrogens with zero attached hydrogens (tertiary/aromatic N) is 2. The van der Waals surface area contributed by atoms with Crippen LogP contribution in [0, 0.1) is 0 Å². The summed E-state index contributed by atoms with van der Waals surface area (Å²) in [5, 5.41) is 11.3. The van der Waals surface area contributed by atoms with E-state index in [9.17, 15) is 14.7 Å². The molecule has 1 saturated heterocycles. The molecule has 174 valence electrons. The largest absolute Gasteiger partial charge is 0.507 e. The van der Waals surface area contributed by atoms with Crippen molar-refractivity contribution in [3.63, 3.8) is 0 Å². The molecule has 1 aromatic heterocycles. The van der Waals surface area contributed by atoms with E-state index in [1.807, 2.05) is 30.3 Å². The number of carbonyl (C=O) groups is 2. The molecule has 2 aromatic carbocycles. The summed E-state index contributed by atoms with van der Waals surface area (Å²) in [6.07, 6.45) is 3.32. The number of hydrogen-bond donors (Lipinski definition) is 1. The molecule has 3 aromatic rings. The lowest BCUT2D eigenvalue weighted by Crippen LogP contribution is -2.29. The van der Waals surface area contributed by atoms with Crippen LogP contribution in [0.5, 0.6) is 5.75 Å². The number of methoxy groups -OCH3 is 1. The first-order valence-corrected chi connectivity index (χ1v) is 11.1.